The SMILES string of the molecule is [CH3][Sn]([CH3])([CH3])[c]1nccc(C2CC2)n1. The van der Waals surface area contributed by atoms with Gasteiger partial charge in [-0.05, 0) is 0 Å². The third-order valence-corrected chi connectivity index (χ3v) is 6.86. The average molecular weight is 283 g/mol. The van der Waals surface area contributed by atoms with Crippen molar-refractivity contribution in [2.45, 2.75) is 33.6 Å². The summed E-state index contributed by atoms with van der Waals surface area (Å²) in [5.74, 6) is 0.760. The van der Waals surface area contributed by atoms with Crippen molar-refractivity contribution in [1.82, 2.24) is 9.97 Å². The molecule has 0 aliphatic heterocycles. The van der Waals surface area contributed by atoms with Crippen molar-refractivity contribution in [3.8, 4) is 0 Å². The third kappa shape index (κ3) is 2.21. The third-order valence-electron chi connectivity index (χ3n) is 2.34. The molecule has 2 nitrogen and oxygen atoms in total. The maximum absolute atomic E-state index is 4.69. The van der Waals surface area contributed by atoms with Crippen molar-refractivity contribution in [3.05, 3.63) is 18.0 Å². The molecule has 0 bridgehead atoms. The van der Waals surface area contributed by atoms with Gasteiger partial charge in [-0.3, -0.25) is 0 Å². The molecule has 1 aliphatic rings. The molecule has 13 heavy (non-hydrogen) atoms. The van der Waals surface area contributed by atoms with Gasteiger partial charge in [-0.2, -0.15) is 0 Å². The summed E-state index contributed by atoms with van der Waals surface area (Å²) in [7, 11) is 0. The quantitative estimate of drug-likeness (QED) is 0.775. The van der Waals surface area contributed by atoms with Gasteiger partial charge in [0.25, 0.3) is 0 Å². The summed E-state index contributed by atoms with van der Waals surface area (Å²) in [6.45, 7) is 0. The summed E-state index contributed by atoms with van der Waals surface area (Å²) in [6.07, 6.45) is 4.60. The molecule has 1 aromatic rings. The zero-order chi connectivity index (χ0) is 9.47. The summed E-state index contributed by atoms with van der Waals surface area (Å²) in [6, 6.07) is 2.08. The molecule has 70 valence electrons. The Morgan fingerprint density at radius 2 is 2.00 bits per heavy atom. The summed E-state index contributed by atoms with van der Waals surface area (Å²) in [5.41, 5.74) is 1.29. The van der Waals surface area contributed by atoms with Crippen LogP contribution in [0.15, 0.2) is 12.3 Å². The standard InChI is InChI=1S/C7H7N2.3CH3.Sn/c1-2-6(1)7-3-4-8-5-9-7;;;;/h3-4,6H,1-2H2;3*1H3;. The van der Waals surface area contributed by atoms with Gasteiger partial charge in [0, 0.05) is 0 Å². The van der Waals surface area contributed by atoms with Gasteiger partial charge in [0.05, 0.1) is 0 Å². The van der Waals surface area contributed by atoms with Crippen LogP contribution in [0.1, 0.15) is 24.5 Å². The Morgan fingerprint density at radius 3 is 2.54 bits per heavy atom. The van der Waals surface area contributed by atoms with Gasteiger partial charge >= 0.3 is 83.7 Å². The molecule has 0 aromatic carbocycles. The van der Waals surface area contributed by atoms with E-state index in [1.807, 2.05) is 6.20 Å². The van der Waals surface area contributed by atoms with E-state index in [1.165, 1.54) is 22.4 Å². The molecule has 0 saturated heterocycles. The molecule has 0 N–H and O–H groups in total. The van der Waals surface area contributed by atoms with Gasteiger partial charge < -0.3 is 0 Å². The van der Waals surface area contributed by atoms with Crippen LogP contribution >= 0.6 is 0 Å². The molecule has 1 heterocycles. The minimum absolute atomic E-state index is 0.760. The van der Waals surface area contributed by atoms with Crippen LogP contribution in [0.5, 0.6) is 0 Å². The van der Waals surface area contributed by atoms with E-state index in [9.17, 15) is 0 Å². The Morgan fingerprint density at radius 1 is 1.31 bits per heavy atom. The van der Waals surface area contributed by atoms with E-state index in [2.05, 4.69) is 30.9 Å². The predicted octanol–water partition coefficient (Wildman–Crippen LogP) is 1.90. The van der Waals surface area contributed by atoms with E-state index in [0.29, 0.717) is 0 Å². The summed E-state index contributed by atoms with van der Waals surface area (Å²) in [5, 5.41) is 0. The Labute approximate surface area is 83.7 Å². The van der Waals surface area contributed by atoms with E-state index < -0.39 is 18.4 Å². The first kappa shape index (κ1) is 9.43. The van der Waals surface area contributed by atoms with Gasteiger partial charge in [0.1, 0.15) is 0 Å². The second kappa shape index (κ2) is 3.22. The number of hydrogen-bond donors (Lipinski definition) is 0. The fourth-order valence-electron chi connectivity index (χ4n) is 1.34. The van der Waals surface area contributed by atoms with Gasteiger partial charge in [-0.1, -0.05) is 0 Å². The number of nitrogens with zero attached hydrogens (tertiary/aromatic N) is 2. The van der Waals surface area contributed by atoms with Crippen LogP contribution in [0.2, 0.25) is 14.8 Å². The van der Waals surface area contributed by atoms with Crippen LogP contribution in [0.4, 0.5) is 0 Å². The maximum atomic E-state index is 4.69. The van der Waals surface area contributed by atoms with Gasteiger partial charge in [-0.15, -0.1) is 0 Å². The molecule has 1 fully saturated rings. The van der Waals surface area contributed by atoms with Crippen LogP contribution in [0.25, 0.3) is 0 Å². The first-order valence-electron chi connectivity index (χ1n) is 4.91. The Kier molecular flexibility index (Phi) is 2.34. The molecule has 0 spiro atoms. The van der Waals surface area contributed by atoms with Crippen molar-refractivity contribution in [2.75, 3.05) is 0 Å². The Balaban J connectivity index is 2.32. The summed E-state index contributed by atoms with van der Waals surface area (Å²) in [4.78, 5) is 16.2. The fourth-order valence-corrected chi connectivity index (χ4v) is 3.98. The van der Waals surface area contributed by atoms with Crippen molar-refractivity contribution >= 4 is 22.2 Å². The van der Waals surface area contributed by atoms with E-state index in [1.54, 1.807) is 0 Å². The first-order chi connectivity index (χ1) is 6.07. The average Bonchev–Trinajstić information content (AvgIpc) is 2.85. The molecular formula is C10H16N2Sn. The van der Waals surface area contributed by atoms with E-state index >= 15 is 0 Å². The van der Waals surface area contributed by atoms with Crippen LogP contribution in [0.3, 0.4) is 0 Å². The second-order valence-electron chi connectivity index (χ2n) is 4.83. The van der Waals surface area contributed by atoms with Crippen LogP contribution in [0, 0.1) is 0 Å². The van der Waals surface area contributed by atoms with Crippen LogP contribution in [-0.4, -0.2) is 28.3 Å². The fraction of sp³-hybridized carbons (Fsp3) is 0.600. The molecule has 1 aliphatic carbocycles. The van der Waals surface area contributed by atoms with Gasteiger partial charge in [0.15, 0.2) is 0 Å². The topological polar surface area (TPSA) is 25.8 Å². The molecule has 2 rings (SSSR count). The molecule has 0 radical (unpaired) electrons. The van der Waals surface area contributed by atoms with Crippen molar-refractivity contribution < 1.29 is 0 Å². The molecular weight excluding hydrogens is 267 g/mol. The number of aromatic nitrogens is 2. The van der Waals surface area contributed by atoms with Gasteiger partial charge in [0.2, 0.25) is 0 Å². The monoisotopic (exact) mass is 284 g/mol. The zero-order valence-corrected chi connectivity index (χ0v) is 11.4. The summed E-state index contributed by atoms with van der Waals surface area (Å²) >= 11 is -2.01. The predicted molar refractivity (Wildman–Crippen MR) is 57.0 cm³/mol. The normalized spacial score (nSPS) is 17.5. The molecule has 0 atom stereocenters. The number of hydrogen-bond acceptors (Lipinski definition) is 2. The second-order valence-corrected chi connectivity index (χ2v) is 18.9. The molecule has 0 amide bonds. The van der Waals surface area contributed by atoms with Gasteiger partial charge in [-0.25, -0.2) is 0 Å². The molecule has 3 heteroatoms. The number of rotatable bonds is 2. The van der Waals surface area contributed by atoms with Crippen LogP contribution in [-0.2, 0) is 0 Å². The Bertz CT molecular complexity index is 313. The molecule has 1 saturated carbocycles. The van der Waals surface area contributed by atoms with Crippen molar-refractivity contribution in [2.24, 2.45) is 0 Å². The van der Waals surface area contributed by atoms with Crippen molar-refractivity contribution in [1.29, 1.82) is 0 Å². The zero-order valence-electron chi connectivity index (χ0n) is 8.54. The van der Waals surface area contributed by atoms with Crippen LogP contribution < -0.4 is 3.84 Å². The Hall–Kier alpha value is -0.121. The van der Waals surface area contributed by atoms with E-state index in [-0.39, 0.29) is 0 Å². The molecule has 1 aromatic heterocycles. The summed E-state index contributed by atoms with van der Waals surface area (Å²) < 4.78 is 1.18. The first-order valence-corrected chi connectivity index (χ1v) is 14.9. The van der Waals surface area contributed by atoms with E-state index in [4.69, 9.17) is 0 Å². The molecule has 0 unspecified atom stereocenters. The van der Waals surface area contributed by atoms with E-state index in [0.717, 1.165) is 5.92 Å². The van der Waals surface area contributed by atoms with Crippen molar-refractivity contribution in [3.63, 3.8) is 0 Å². The minimum atomic E-state index is -2.01.